The number of hydrogen-bond acceptors (Lipinski definition) is 2. The van der Waals surface area contributed by atoms with E-state index in [0.29, 0.717) is 24.3 Å². The first-order valence-electron chi connectivity index (χ1n) is 9.52. The van der Waals surface area contributed by atoms with Gasteiger partial charge >= 0.3 is 0 Å². The van der Waals surface area contributed by atoms with Gasteiger partial charge in [0.1, 0.15) is 0 Å². The predicted octanol–water partition coefficient (Wildman–Crippen LogP) is 2.92. The lowest BCUT2D eigenvalue weighted by Gasteiger charge is -2.35. The number of allylic oxidation sites excluding steroid dienone is 2. The summed E-state index contributed by atoms with van der Waals surface area (Å²) in [4.78, 5) is 15.1. The molecule has 1 aromatic carbocycles. The van der Waals surface area contributed by atoms with E-state index in [1.54, 1.807) is 0 Å². The van der Waals surface area contributed by atoms with Crippen LogP contribution in [0.2, 0.25) is 0 Å². The van der Waals surface area contributed by atoms with Gasteiger partial charge in [-0.3, -0.25) is 4.79 Å². The number of likely N-dealkylation sites (tertiary alicyclic amines) is 1. The largest absolute Gasteiger partial charge is 0.342 e. The van der Waals surface area contributed by atoms with E-state index in [2.05, 4.69) is 41.3 Å². The van der Waals surface area contributed by atoms with Crippen molar-refractivity contribution in [2.45, 2.75) is 31.7 Å². The molecule has 3 nitrogen and oxygen atoms in total. The second kappa shape index (κ2) is 5.45. The summed E-state index contributed by atoms with van der Waals surface area (Å²) < 4.78 is 0. The first kappa shape index (κ1) is 14.7. The molecule has 2 saturated carbocycles. The molecule has 1 aromatic rings. The monoisotopic (exact) mass is 322 g/mol. The van der Waals surface area contributed by atoms with E-state index in [1.807, 2.05) is 0 Å². The van der Waals surface area contributed by atoms with E-state index in [9.17, 15) is 4.79 Å². The number of benzene rings is 1. The average Bonchev–Trinajstić information content (AvgIpc) is 3.00. The van der Waals surface area contributed by atoms with Crippen LogP contribution in [-0.4, -0.2) is 23.9 Å². The fourth-order valence-electron chi connectivity index (χ4n) is 5.70. The molecular formula is C21H26N2O. The maximum Gasteiger partial charge on any atom is 0.226 e. The van der Waals surface area contributed by atoms with Crippen LogP contribution in [0.3, 0.4) is 0 Å². The Hall–Kier alpha value is -1.61. The third-order valence-corrected chi connectivity index (χ3v) is 7.07. The fourth-order valence-corrected chi connectivity index (χ4v) is 5.70. The number of carbonyl (C=O) groups excluding carboxylic acids is 1. The Morgan fingerprint density at radius 3 is 2.71 bits per heavy atom. The molecule has 3 fully saturated rings. The topological polar surface area (TPSA) is 46.3 Å². The van der Waals surface area contributed by atoms with Crippen molar-refractivity contribution in [3.63, 3.8) is 0 Å². The third kappa shape index (κ3) is 2.17. The van der Waals surface area contributed by atoms with Gasteiger partial charge in [-0.15, -0.1) is 0 Å². The zero-order chi connectivity index (χ0) is 16.3. The number of nitrogens with zero attached hydrogens (tertiary/aromatic N) is 1. The summed E-state index contributed by atoms with van der Waals surface area (Å²) in [5, 5.41) is 0. The van der Waals surface area contributed by atoms with Gasteiger partial charge in [0.2, 0.25) is 5.91 Å². The van der Waals surface area contributed by atoms with E-state index in [4.69, 9.17) is 5.73 Å². The van der Waals surface area contributed by atoms with Gasteiger partial charge in [0.05, 0.1) is 0 Å². The van der Waals surface area contributed by atoms with Gasteiger partial charge in [-0.2, -0.15) is 0 Å². The van der Waals surface area contributed by atoms with Crippen molar-refractivity contribution >= 4 is 5.91 Å². The lowest BCUT2D eigenvalue weighted by Crippen LogP contribution is -2.42. The van der Waals surface area contributed by atoms with E-state index < -0.39 is 0 Å². The van der Waals surface area contributed by atoms with Crippen molar-refractivity contribution < 1.29 is 4.79 Å². The van der Waals surface area contributed by atoms with Crippen LogP contribution in [0.25, 0.3) is 0 Å². The average molecular weight is 322 g/mol. The Balaban J connectivity index is 1.22. The van der Waals surface area contributed by atoms with Gasteiger partial charge in [0, 0.05) is 25.6 Å². The minimum atomic E-state index is 0.284. The number of piperidine rings is 1. The summed E-state index contributed by atoms with van der Waals surface area (Å²) in [6.45, 7) is 2.44. The van der Waals surface area contributed by atoms with Crippen LogP contribution in [0.1, 0.15) is 36.3 Å². The maximum atomic E-state index is 13.0. The summed E-state index contributed by atoms with van der Waals surface area (Å²) in [5.74, 6) is 4.36. The minimum absolute atomic E-state index is 0.284. The highest BCUT2D eigenvalue weighted by Crippen LogP contribution is 2.67. The molecule has 5 unspecified atom stereocenters. The number of carbonyl (C=O) groups is 1. The summed E-state index contributed by atoms with van der Waals surface area (Å²) in [7, 11) is 0. The van der Waals surface area contributed by atoms with Crippen LogP contribution >= 0.6 is 0 Å². The Morgan fingerprint density at radius 1 is 1.17 bits per heavy atom. The quantitative estimate of drug-likeness (QED) is 0.870. The lowest BCUT2D eigenvalue weighted by atomic mass is 9.86. The molecule has 1 aliphatic heterocycles. The van der Waals surface area contributed by atoms with Crippen molar-refractivity contribution in [3.8, 4) is 0 Å². The molecule has 24 heavy (non-hydrogen) atoms. The number of nitrogens with two attached hydrogens (primary N) is 1. The number of rotatable bonds is 3. The highest BCUT2D eigenvalue weighted by molar-refractivity contribution is 5.80. The Labute approximate surface area is 143 Å². The van der Waals surface area contributed by atoms with Crippen LogP contribution in [0, 0.1) is 29.6 Å². The second-order valence-corrected chi connectivity index (χ2v) is 8.17. The van der Waals surface area contributed by atoms with Crippen LogP contribution in [0.4, 0.5) is 0 Å². The van der Waals surface area contributed by atoms with Crippen molar-refractivity contribution in [3.05, 3.63) is 47.5 Å². The molecule has 1 saturated heterocycles. The van der Waals surface area contributed by atoms with Crippen molar-refractivity contribution in [2.75, 3.05) is 13.1 Å². The number of amides is 1. The zero-order valence-corrected chi connectivity index (χ0v) is 14.1. The molecule has 5 rings (SSSR count). The molecule has 1 heterocycles. The first-order valence-corrected chi connectivity index (χ1v) is 9.52. The summed E-state index contributed by atoms with van der Waals surface area (Å²) in [6, 6.07) is 8.67. The molecule has 5 atom stereocenters. The predicted molar refractivity (Wildman–Crippen MR) is 94.1 cm³/mol. The van der Waals surface area contributed by atoms with Crippen molar-refractivity contribution in [1.29, 1.82) is 0 Å². The van der Waals surface area contributed by atoms with Gasteiger partial charge in [-0.1, -0.05) is 36.4 Å². The van der Waals surface area contributed by atoms with Crippen LogP contribution in [0.15, 0.2) is 36.4 Å². The van der Waals surface area contributed by atoms with Gasteiger partial charge in [0.15, 0.2) is 0 Å². The lowest BCUT2D eigenvalue weighted by molar-refractivity contribution is -0.137. The van der Waals surface area contributed by atoms with Gasteiger partial charge in [-0.05, 0) is 60.0 Å². The number of fused-ring (bicyclic) bond motifs is 1. The molecule has 0 bridgehead atoms. The van der Waals surface area contributed by atoms with Gasteiger partial charge in [-0.25, -0.2) is 0 Å². The fraction of sp³-hybridized carbons (Fsp3) is 0.571. The molecule has 3 heteroatoms. The summed E-state index contributed by atoms with van der Waals surface area (Å²) in [5.41, 5.74) is 8.37. The highest BCUT2D eigenvalue weighted by atomic mass is 16.2. The van der Waals surface area contributed by atoms with Crippen LogP contribution < -0.4 is 5.73 Å². The van der Waals surface area contributed by atoms with Gasteiger partial charge in [0.25, 0.3) is 0 Å². The van der Waals surface area contributed by atoms with E-state index >= 15 is 0 Å². The third-order valence-electron chi connectivity index (χ3n) is 7.07. The Kier molecular flexibility index (Phi) is 3.34. The van der Waals surface area contributed by atoms with E-state index in [1.165, 1.54) is 11.1 Å². The standard InChI is InChI=1S/C21H26N2O/c22-12-13-2-1-3-15(10-13)14-6-8-23(9-7-14)21(24)19-11-18-16-4-5-17(19)20(16)18/h1-5,10,14,16-20H,6-9,11-12,22H2. The molecule has 126 valence electrons. The molecule has 0 aromatic heterocycles. The maximum absolute atomic E-state index is 13.0. The zero-order valence-electron chi connectivity index (χ0n) is 14.1. The molecule has 4 aliphatic rings. The van der Waals surface area contributed by atoms with Gasteiger partial charge < -0.3 is 10.6 Å². The Morgan fingerprint density at radius 2 is 1.96 bits per heavy atom. The van der Waals surface area contributed by atoms with Crippen LogP contribution in [-0.2, 0) is 11.3 Å². The SMILES string of the molecule is NCc1cccc(C2CCN(C(=O)C3CC4C5C=CC3C54)CC2)c1. The minimum Gasteiger partial charge on any atom is -0.342 e. The molecule has 3 aliphatic carbocycles. The molecule has 0 spiro atoms. The van der Waals surface area contributed by atoms with Crippen molar-refractivity contribution in [2.24, 2.45) is 35.3 Å². The van der Waals surface area contributed by atoms with E-state index in [-0.39, 0.29) is 5.92 Å². The molecule has 1 amide bonds. The smallest absolute Gasteiger partial charge is 0.226 e. The molecule has 2 N–H and O–H groups in total. The Bertz CT molecular complexity index is 689. The summed E-state index contributed by atoms with van der Waals surface area (Å²) >= 11 is 0. The van der Waals surface area contributed by atoms with Crippen LogP contribution in [0.5, 0.6) is 0 Å². The highest BCUT2D eigenvalue weighted by Gasteiger charge is 2.64. The normalized spacial score (nSPS) is 36.9. The molecule has 0 radical (unpaired) electrons. The summed E-state index contributed by atoms with van der Waals surface area (Å²) in [6.07, 6.45) is 8.03. The van der Waals surface area contributed by atoms with E-state index in [0.717, 1.165) is 50.1 Å². The second-order valence-electron chi connectivity index (χ2n) is 8.17. The first-order chi connectivity index (χ1) is 11.8. The number of hydrogen-bond donors (Lipinski definition) is 1. The van der Waals surface area contributed by atoms with Crippen molar-refractivity contribution in [1.82, 2.24) is 4.90 Å². The molecular weight excluding hydrogens is 296 g/mol.